The molecule has 0 aliphatic carbocycles. The number of thiazole rings is 9. The van der Waals surface area contributed by atoms with Crippen molar-refractivity contribution in [2.75, 3.05) is 99.5 Å². The molecule has 0 aromatic carbocycles. The molecule has 48 heteroatoms. The lowest BCUT2D eigenvalue weighted by Crippen LogP contribution is -2.08. The zero-order valence-corrected chi connectivity index (χ0v) is 67.2. The number of nitrogen functional groups attached to an aromatic ring is 10. The van der Waals surface area contributed by atoms with Crippen LogP contribution in [0, 0.1) is 12.1 Å². The summed E-state index contributed by atoms with van der Waals surface area (Å²) in [7, 11) is 6.85. The van der Waals surface area contributed by atoms with Gasteiger partial charge in [-0.05, 0) is 90.4 Å². The maximum absolute atomic E-state index is 11.8. The van der Waals surface area contributed by atoms with E-state index in [0.717, 1.165) is 74.2 Å². The Kier molecular flexibility index (Phi) is 34.6. The molecule has 0 saturated carbocycles. The van der Waals surface area contributed by atoms with Crippen LogP contribution < -0.4 is 62.1 Å². The van der Waals surface area contributed by atoms with Gasteiger partial charge in [0.2, 0.25) is 5.88 Å². The number of fused-ring (bicyclic) bond motifs is 5. The van der Waals surface area contributed by atoms with E-state index in [1.807, 2.05) is 35.7 Å². The van der Waals surface area contributed by atoms with Gasteiger partial charge in [-0.3, -0.25) is 4.79 Å². The first-order chi connectivity index (χ1) is 52.0. The second kappa shape index (κ2) is 43.5. The summed E-state index contributed by atoms with van der Waals surface area (Å²) >= 11 is 20.4. The Bertz CT molecular complexity index is 5310. The number of ether oxygens (including phenoxy) is 6. The summed E-state index contributed by atoms with van der Waals surface area (Å²) in [6.07, 6.45) is 7.42. The van der Waals surface area contributed by atoms with Crippen LogP contribution in [0.4, 0.5) is 56.4 Å². The standard InChI is InChI=1S/2C8H7N3O2S.C7H9ClN2O2S.C7H7N3OS.C7H8N2O2.C6H4BrN3S.C6H5N3S.C6H8N2O2S.C3H3FN2S.C3H4N2S/c1-13-7(12)4-2-5-6(10-3-4)14-8(9)11-5;1-13-7(12)5-3-2-4-6(10-5)14-8(9)11-4;1-2-12-5(11)3-4-6(8)13-7(9)10-4;1-11-5-3-2-4-6(10-5)12-7(8)9-4;1-11-7(10)5-2-3-6(8)9-4-5;7-4-2-1-3-5(10-4)11-6(8)9-3;7-6-9-4-2-1-3-8-5(4)10-6;1-3-4(5(9)10-2)8-6(7)11-3;4-2-1-6-3(5)7-2;4-3-5-1-2-6-3/h2*2-3H,1H3,(H2,9,11);2-3H2,1H3,(H2,9,10);2-3H,1H3,(H2,8,9);2-4H,1H3,(H2,8,9);1-2H,(H2,8,9);1-3H,(H2,7,9);1-2H3,(H2,7,8);1H,(H2,5,6);1-2H,(H2,4,5). The molecule has 0 radical (unpaired) electrons. The number of hydrogen-bond donors (Lipinski definition) is 10. The SMILES string of the molecule is CCOC(=O)Cc1nc(N)sc1Cl.COC(=O)c1ccc(N)nc1.COC(=O)c1ccc2nc(N)sc2n1.COC(=O)c1cnc2sc(N)nc2c1.COC(=O)c1nc(N)sc1C.COc1ccc2nc(N)sc2n1.Nc1nc2ccc(Br)nc2s1.Nc1nc2cccnc2s1.Nc1ncc(F)s1.Nc1nccs1. The van der Waals surface area contributed by atoms with E-state index in [4.69, 9.17) is 78.4 Å². The van der Waals surface area contributed by atoms with Gasteiger partial charge in [-0.1, -0.05) is 91.0 Å². The number of nitrogens with two attached hydrogens (primary N) is 10. The first-order valence-electron chi connectivity index (χ1n) is 29.7. The smallest absolute Gasteiger partial charge is 0.357 e. The van der Waals surface area contributed by atoms with Crippen molar-refractivity contribution in [2.45, 2.75) is 20.3 Å². The Morgan fingerprint density at radius 3 is 1.46 bits per heavy atom. The minimum Gasteiger partial charge on any atom is -0.481 e. The van der Waals surface area contributed by atoms with E-state index < -0.39 is 23.9 Å². The fourth-order valence-corrected chi connectivity index (χ4v) is 13.6. The van der Waals surface area contributed by atoms with Crippen LogP contribution in [0.3, 0.4) is 0 Å². The number of methoxy groups -OCH3 is 5. The van der Waals surface area contributed by atoms with E-state index in [0.29, 0.717) is 102 Å². The van der Waals surface area contributed by atoms with E-state index in [-0.39, 0.29) is 28.3 Å². The third-order valence-electron chi connectivity index (χ3n) is 11.9. The summed E-state index contributed by atoms with van der Waals surface area (Å²) in [6.45, 7) is 3.88. The lowest BCUT2D eigenvalue weighted by atomic mass is 10.3. The summed E-state index contributed by atoms with van der Waals surface area (Å²) in [6, 6.07) is 19.1. The highest BCUT2D eigenvalue weighted by Gasteiger charge is 2.16. The second-order valence-electron chi connectivity index (χ2n) is 19.3. The summed E-state index contributed by atoms with van der Waals surface area (Å²) in [4.78, 5) is 119. The van der Waals surface area contributed by atoms with E-state index in [1.165, 1.54) is 120 Å². The molecule has 0 amide bonds. The van der Waals surface area contributed by atoms with Gasteiger partial charge in [0.15, 0.2) is 57.0 Å². The molecule has 109 heavy (non-hydrogen) atoms. The van der Waals surface area contributed by atoms with Crippen molar-refractivity contribution in [1.82, 2.24) is 74.8 Å². The van der Waals surface area contributed by atoms with Crippen molar-refractivity contribution >= 4 is 263 Å². The lowest BCUT2D eigenvalue weighted by Gasteiger charge is -1.98. The third kappa shape index (κ3) is 28.4. The summed E-state index contributed by atoms with van der Waals surface area (Å²) in [5.41, 5.74) is 59.5. The highest BCUT2D eigenvalue weighted by atomic mass is 79.9. The van der Waals surface area contributed by atoms with Crippen LogP contribution in [-0.4, -0.2) is 147 Å². The molecule has 572 valence electrons. The normalized spacial score (nSPS) is 10.0. The minimum atomic E-state index is -0.459. The van der Waals surface area contributed by atoms with Crippen LogP contribution in [0.5, 0.6) is 5.88 Å². The van der Waals surface area contributed by atoms with Gasteiger partial charge in [0.05, 0.1) is 71.6 Å². The predicted molar refractivity (Wildman–Crippen MR) is 434 cm³/mol. The average Bonchev–Trinajstić information content (AvgIpc) is 1.64. The molecule has 0 unspecified atom stereocenters. The number of hydrogen-bond acceptors (Lipinski definition) is 45. The summed E-state index contributed by atoms with van der Waals surface area (Å²) in [5.74, 6) is -1.09. The van der Waals surface area contributed by atoms with E-state index in [1.54, 1.807) is 69.7 Å². The topological polar surface area (TPSA) is 594 Å². The Morgan fingerprint density at radius 2 is 0.991 bits per heavy atom. The first kappa shape index (κ1) is 86.6. The molecular formula is C61H62BrClFN25O11S9. The van der Waals surface area contributed by atoms with Crippen molar-refractivity contribution < 1.29 is 56.8 Å². The number of carbonyl (C=O) groups excluding carboxylic acids is 5. The first-order valence-corrected chi connectivity index (χ1v) is 38.2. The van der Waals surface area contributed by atoms with Crippen molar-refractivity contribution in [3.63, 3.8) is 0 Å². The van der Waals surface area contributed by atoms with E-state index in [2.05, 4.69) is 110 Å². The molecule has 15 aromatic heterocycles. The molecule has 15 aromatic rings. The fourth-order valence-electron chi connectivity index (χ4n) is 7.31. The number of aryl methyl sites for hydroxylation is 1. The number of pyridine rings is 6. The molecule has 0 saturated heterocycles. The van der Waals surface area contributed by atoms with Gasteiger partial charge in [-0.15, -0.1) is 22.7 Å². The molecule has 0 fully saturated rings. The molecule has 15 rings (SSSR count). The molecule has 36 nitrogen and oxygen atoms in total. The van der Waals surface area contributed by atoms with E-state index in [9.17, 15) is 28.4 Å². The van der Waals surface area contributed by atoms with Gasteiger partial charge in [-0.25, -0.2) is 93.9 Å². The van der Waals surface area contributed by atoms with Gasteiger partial charge in [0, 0.05) is 41.1 Å². The number of halogens is 3. The molecule has 0 spiro atoms. The number of anilines is 10. The van der Waals surface area contributed by atoms with Crippen LogP contribution in [-0.2, 0) is 34.9 Å². The van der Waals surface area contributed by atoms with Crippen LogP contribution in [0.2, 0.25) is 4.34 Å². The molecule has 15 heterocycles. The monoisotopic (exact) mass is 1740 g/mol. The van der Waals surface area contributed by atoms with E-state index >= 15 is 0 Å². The van der Waals surface area contributed by atoms with Gasteiger partial charge in [-0.2, -0.15) is 4.39 Å². The van der Waals surface area contributed by atoms with Gasteiger partial charge in [0.25, 0.3) is 0 Å². The highest BCUT2D eigenvalue weighted by molar-refractivity contribution is 9.10. The predicted octanol–water partition coefficient (Wildman–Crippen LogP) is 11.1. The Balaban J connectivity index is 0.000000191. The molecule has 0 aliphatic rings. The third-order valence-corrected chi connectivity index (χ3v) is 19.5. The maximum Gasteiger partial charge on any atom is 0.357 e. The largest absolute Gasteiger partial charge is 0.481 e. The molecule has 0 bridgehead atoms. The quantitative estimate of drug-likeness (QED) is 0.0384. The zero-order valence-electron chi connectivity index (χ0n) is 57.5. The highest BCUT2D eigenvalue weighted by Crippen LogP contribution is 2.29. The van der Waals surface area contributed by atoms with Crippen LogP contribution in [0.1, 0.15) is 59.2 Å². The number of carbonyl (C=O) groups is 5. The van der Waals surface area contributed by atoms with Crippen LogP contribution in [0.15, 0.2) is 108 Å². The Labute approximate surface area is 665 Å². The van der Waals surface area contributed by atoms with Crippen molar-refractivity contribution in [1.29, 1.82) is 0 Å². The Hall–Kier alpha value is -11.3. The van der Waals surface area contributed by atoms with Crippen LogP contribution in [0.25, 0.3) is 51.7 Å². The van der Waals surface area contributed by atoms with Crippen molar-refractivity contribution in [3.05, 3.63) is 150 Å². The number of rotatable bonds is 8. The molecular weight excluding hydrogens is 1680 g/mol. The molecule has 20 N–H and O–H groups in total. The van der Waals surface area contributed by atoms with Gasteiger partial charge >= 0.3 is 29.8 Å². The second-order valence-corrected chi connectivity index (χ2v) is 30.0. The maximum atomic E-state index is 11.8. The molecule has 0 atom stereocenters. The minimum absolute atomic E-state index is 0.0837. The number of esters is 5. The number of aromatic nitrogens is 15. The molecule has 0 aliphatic heterocycles. The van der Waals surface area contributed by atoms with Gasteiger partial charge < -0.3 is 85.8 Å². The van der Waals surface area contributed by atoms with Crippen molar-refractivity contribution in [2.24, 2.45) is 0 Å². The fraction of sp³-hybridized carbons (Fsp3) is 0.148. The summed E-state index contributed by atoms with van der Waals surface area (Å²) < 4.78 is 40.8. The van der Waals surface area contributed by atoms with Crippen molar-refractivity contribution in [3.8, 4) is 5.88 Å². The average molecular weight is 1740 g/mol. The zero-order chi connectivity index (χ0) is 79.9. The van der Waals surface area contributed by atoms with Crippen LogP contribution >= 0.6 is 130 Å². The number of nitrogens with zero attached hydrogens (tertiary/aromatic N) is 15. The summed E-state index contributed by atoms with van der Waals surface area (Å²) in [5, 5.41) is 5.72. The van der Waals surface area contributed by atoms with Gasteiger partial charge in [0.1, 0.15) is 72.2 Å². The lowest BCUT2D eigenvalue weighted by molar-refractivity contribution is -0.142. The Morgan fingerprint density at radius 1 is 0.468 bits per heavy atom.